The topological polar surface area (TPSA) is 112 Å². The average Bonchev–Trinajstić information content (AvgIpc) is 2.70. The van der Waals surface area contributed by atoms with Gasteiger partial charge in [0.25, 0.3) is 0 Å². The Kier molecular flexibility index (Phi) is 7.78. The summed E-state index contributed by atoms with van der Waals surface area (Å²) in [5.41, 5.74) is 1.90. The first-order valence-electron chi connectivity index (χ1n) is 8.23. The van der Waals surface area contributed by atoms with Crippen LogP contribution >= 0.6 is 0 Å². The standard InChI is InChI=1S/C18H22N4O5/c1-25-16(23)9-13-10-19-15(8-12-4-6-14(22-24)7-5-12)21-18(13)20-11-17(26-2)27-3/h4-7,10,17H,8-9,11H2,1-3H3,(H,19,20,21). The second-order valence-electron chi connectivity index (χ2n) is 5.63. The lowest BCUT2D eigenvalue weighted by Crippen LogP contribution is -2.25. The normalized spacial score (nSPS) is 10.7. The lowest BCUT2D eigenvalue weighted by Gasteiger charge is -2.16. The lowest BCUT2D eigenvalue weighted by atomic mass is 10.1. The molecule has 0 bridgehead atoms. The summed E-state index contributed by atoms with van der Waals surface area (Å²) < 4.78 is 15.0. The van der Waals surface area contributed by atoms with Crippen LogP contribution in [-0.4, -0.2) is 50.1 Å². The Morgan fingerprint density at radius 2 is 1.89 bits per heavy atom. The molecule has 144 valence electrons. The van der Waals surface area contributed by atoms with Crippen LogP contribution in [0.2, 0.25) is 0 Å². The van der Waals surface area contributed by atoms with E-state index < -0.39 is 6.29 Å². The molecule has 2 rings (SSSR count). The van der Waals surface area contributed by atoms with Crippen molar-refractivity contribution in [1.82, 2.24) is 9.97 Å². The van der Waals surface area contributed by atoms with Gasteiger partial charge in [-0.05, 0) is 22.9 Å². The fraction of sp³-hybridized carbons (Fsp3) is 0.389. The monoisotopic (exact) mass is 374 g/mol. The first-order valence-corrected chi connectivity index (χ1v) is 8.23. The zero-order valence-corrected chi connectivity index (χ0v) is 15.5. The highest BCUT2D eigenvalue weighted by atomic mass is 16.7. The Morgan fingerprint density at radius 3 is 2.48 bits per heavy atom. The van der Waals surface area contributed by atoms with Crippen molar-refractivity contribution < 1.29 is 19.0 Å². The minimum atomic E-state index is -0.460. The lowest BCUT2D eigenvalue weighted by molar-refractivity contribution is -0.139. The van der Waals surface area contributed by atoms with Crippen molar-refractivity contribution in [3.05, 3.63) is 52.3 Å². The van der Waals surface area contributed by atoms with Crippen LogP contribution in [0.25, 0.3) is 0 Å². The number of benzene rings is 1. The van der Waals surface area contributed by atoms with Crippen LogP contribution in [0, 0.1) is 4.91 Å². The molecule has 0 saturated carbocycles. The second kappa shape index (κ2) is 10.3. The third-order valence-electron chi connectivity index (χ3n) is 3.84. The van der Waals surface area contributed by atoms with E-state index in [-0.39, 0.29) is 12.4 Å². The van der Waals surface area contributed by atoms with E-state index in [0.29, 0.717) is 35.9 Å². The third-order valence-corrected chi connectivity index (χ3v) is 3.84. The van der Waals surface area contributed by atoms with Crippen LogP contribution in [0.15, 0.2) is 35.6 Å². The van der Waals surface area contributed by atoms with Crippen molar-refractivity contribution in [3.63, 3.8) is 0 Å². The molecule has 0 unspecified atom stereocenters. The Balaban J connectivity index is 2.20. The van der Waals surface area contributed by atoms with E-state index in [0.717, 1.165) is 5.56 Å². The second-order valence-corrected chi connectivity index (χ2v) is 5.63. The fourth-order valence-electron chi connectivity index (χ4n) is 2.34. The maximum Gasteiger partial charge on any atom is 0.310 e. The van der Waals surface area contributed by atoms with E-state index in [1.807, 2.05) is 0 Å². The van der Waals surface area contributed by atoms with Crippen LogP contribution in [0.4, 0.5) is 11.5 Å². The Labute approximate surface area is 157 Å². The van der Waals surface area contributed by atoms with E-state index in [1.165, 1.54) is 21.3 Å². The molecule has 0 aliphatic carbocycles. The molecule has 9 heteroatoms. The van der Waals surface area contributed by atoms with Crippen molar-refractivity contribution in [2.75, 3.05) is 33.2 Å². The molecule has 1 heterocycles. The van der Waals surface area contributed by atoms with Crippen molar-refractivity contribution in [1.29, 1.82) is 0 Å². The molecule has 1 aromatic heterocycles. The van der Waals surface area contributed by atoms with Gasteiger partial charge in [0.1, 0.15) is 17.3 Å². The number of nitrogens with zero attached hydrogens (tertiary/aromatic N) is 3. The molecule has 0 aliphatic rings. The smallest absolute Gasteiger partial charge is 0.310 e. The largest absolute Gasteiger partial charge is 0.469 e. The van der Waals surface area contributed by atoms with Crippen LogP contribution in [0.3, 0.4) is 0 Å². The van der Waals surface area contributed by atoms with E-state index in [1.54, 1.807) is 30.5 Å². The first-order chi connectivity index (χ1) is 13.1. The van der Waals surface area contributed by atoms with Crippen LogP contribution in [0.5, 0.6) is 0 Å². The number of methoxy groups -OCH3 is 3. The molecule has 0 spiro atoms. The van der Waals surface area contributed by atoms with Gasteiger partial charge in [0.05, 0.1) is 20.1 Å². The molecule has 0 amide bonds. The molecule has 0 aliphatic heterocycles. The summed E-state index contributed by atoms with van der Waals surface area (Å²) >= 11 is 0. The van der Waals surface area contributed by atoms with E-state index >= 15 is 0 Å². The Morgan fingerprint density at radius 1 is 1.19 bits per heavy atom. The molecule has 2 aromatic rings. The molecular weight excluding hydrogens is 352 g/mol. The number of carbonyl (C=O) groups excluding carboxylic acids is 1. The summed E-state index contributed by atoms with van der Waals surface area (Å²) in [5.74, 6) is 0.682. The van der Waals surface area contributed by atoms with Gasteiger partial charge < -0.3 is 19.5 Å². The number of ether oxygens (including phenoxy) is 3. The summed E-state index contributed by atoms with van der Waals surface area (Å²) in [5, 5.41) is 6.00. The maximum absolute atomic E-state index is 11.6. The average molecular weight is 374 g/mol. The van der Waals surface area contributed by atoms with Gasteiger partial charge in [0.2, 0.25) is 0 Å². The Bertz CT molecular complexity index is 763. The number of nitrogens with one attached hydrogen (secondary N) is 1. The van der Waals surface area contributed by atoms with Gasteiger partial charge in [-0.25, -0.2) is 9.97 Å². The predicted octanol–water partition coefficient (Wildman–Crippen LogP) is 2.21. The van der Waals surface area contributed by atoms with E-state index in [2.05, 4.69) is 20.5 Å². The number of rotatable bonds is 10. The minimum absolute atomic E-state index is 0.0451. The molecule has 0 radical (unpaired) electrons. The number of aromatic nitrogens is 2. The SMILES string of the molecule is COC(=O)Cc1cnc(Cc2ccc(N=O)cc2)nc1NCC(OC)OC. The highest BCUT2D eigenvalue weighted by Gasteiger charge is 2.14. The number of carbonyl (C=O) groups is 1. The van der Waals surface area contributed by atoms with Crippen molar-refractivity contribution in [2.24, 2.45) is 5.18 Å². The highest BCUT2D eigenvalue weighted by Crippen LogP contribution is 2.17. The number of esters is 1. The van der Waals surface area contributed by atoms with E-state index in [4.69, 9.17) is 14.2 Å². The van der Waals surface area contributed by atoms with Gasteiger partial charge in [-0.1, -0.05) is 12.1 Å². The van der Waals surface area contributed by atoms with Gasteiger partial charge in [-0.3, -0.25) is 4.79 Å². The van der Waals surface area contributed by atoms with Gasteiger partial charge in [0.15, 0.2) is 6.29 Å². The number of hydrogen-bond donors (Lipinski definition) is 1. The summed E-state index contributed by atoms with van der Waals surface area (Å²) in [6.45, 7) is 0.345. The quantitative estimate of drug-likeness (QED) is 0.383. The summed E-state index contributed by atoms with van der Waals surface area (Å²) in [6, 6.07) is 6.85. The fourth-order valence-corrected chi connectivity index (χ4v) is 2.34. The number of anilines is 1. The van der Waals surface area contributed by atoms with Gasteiger partial charge in [-0.15, -0.1) is 4.91 Å². The molecule has 0 saturated heterocycles. The summed E-state index contributed by atoms with van der Waals surface area (Å²) in [7, 11) is 4.40. The van der Waals surface area contributed by atoms with E-state index in [9.17, 15) is 9.70 Å². The number of hydrogen-bond acceptors (Lipinski definition) is 9. The molecule has 1 N–H and O–H groups in total. The molecular formula is C18H22N4O5. The predicted molar refractivity (Wildman–Crippen MR) is 98.8 cm³/mol. The van der Waals surface area contributed by atoms with Crippen molar-refractivity contribution in [2.45, 2.75) is 19.1 Å². The van der Waals surface area contributed by atoms with Crippen LogP contribution in [-0.2, 0) is 31.8 Å². The zero-order valence-electron chi connectivity index (χ0n) is 15.5. The molecule has 1 aromatic carbocycles. The Hall–Kier alpha value is -2.91. The van der Waals surface area contributed by atoms with Gasteiger partial charge in [-0.2, -0.15) is 0 Å². The first kappa shape index (κ1) is 20.4. The van der Waals surface area contributed by atoms with Crippen LogP contribution in [0.1, 0.15) is 17.0 Å². The highest BCUT2D eigenvalue weighted by molar-refractivity contribution is 5.74. The molecule has 27 heavy (non-hydrogen) atoms. The molecule has 9 nitrogen and oxygen atoms in total. The molecule has 0 fully saturated rings. The van der Waals surface area contributed by atoms with Crippen molar-refractivity contribution in [3.8, 4) is 0 Å². The summed E-state index contributed by atoms with van der Waals surface area (Å²) in [6.07, 6.45) is 1.64. The summed E-state index contributed by atoms with van der Waals surface area (Å²) in [4.78, 5) is 31.0. The van der Waals surface area contributed by atoms with Gasteiger partial charge in [0, 0.05) is 32.4 Å². The minimum Gasteiger partial charge on any atom is -0.469 e. The van der Waals surface area contributed by atoms with Gasteiger partial charge >= 0.3 is 5.97 Å². The number of nitroso groups, excluding NO2 is 1. The third kappa shape index (κ3) is 6.08. The molecule has 0 atom stereocenters. The maximum atomic E-state index is 11.6. The van der Waals surface area contributed by atoms with Crippen LogP contribution < -0.4 is 5.32 Å². The zero-order chi connectivity index (χ0) is 19.6. The van der Waals surface area contributed by atoms with Crippen molar-refractivity contribution >= 4 is 17.5 Å².